The number of anilines is 3. The monoisotopic (exact) mass is 362 g/mol. The van der Waals surface area contributed by atoms with Gasteiger partial charge >= 0.3 is 0 Å². The summed E-state index contributed by atoms with van der Waals surface area (Å²) in [6, 6.07) is 17.0. The normalized spacial score (nSPS) is 10.1. The van der Waals surface area contributed by atoms with Gasteiger partial charge in [0.2, 0.25) is 0 Å². The van der Waals surface area contributed by atoms with Crippen molar-refractivity contribution in [2.75, 3.05) is 23.0 Å². The summed E-state index contributed by atoms with van der Waals surface area (Å²) in [6.07, 6.45) is 3.15. The van der Waals surface area contributed by atoms with Gasteiger partial charge in [0.25, 0.3) is 11.8 Å². The van der Waals surface area contributed by atoms with Crippen LogP contribution in [-0.2, 0) is 4.79 Å². The molecule has 136 valence electrons. The number of aromatic nitrogens is 1. The molecule has 1 heterocycles. The van der Waals surface area contributed by atoms with Crippen LogP contribution in [0.5, 0.6) is 5.75 Å². The second-order valence-corrected chi connectivity index (χ2v) is 5.64. The maximum absolute atomic E-state index is 12.3. The quantitative estimate of drug-likeness (QED) is 0.585. The lowest BCUT2D eigenvalue weighted by molar-refractivity contribution is -0.118. The first-order chi connectivity index (χ1) is 13.1. The number of hydrogen-bond acceptors (Lipinski definition) is 5. The lowest BCUT2D eigenvalue weighted by Crippen LogP contribution is -2.20. The molecule has 7 heteroatoms. The Labute approximate surface area is 156 Å². The Morgan fingerprint density at radius 3 is 2.44 bits per heavy atom. The zero-order chi connectivity index (χ0) is 19.1. The smallest absolute Gasteiger partial charge is 0.262 e. The SMILES string of the molecule is Nc1ccccc1NC(=O)c1ccc(NC(=O)COc2cccnc2)cc1. The molecule has 3 rings (SSSR count). The maximum Gasteiger partial charge on any atom is 0.262 e. The summed E-state index contributed by atoms with van der Waals surface area (Å²) in [6.45, 7) is -0.138. The summed E-state index contributed by atoms with van der Waals surface area (Å²) in [5.74, 6) is -0.0846. The number of hydrogen-bond donors (Lipinski definition) is 3. The number of nitrogens with zero attached hydrogens (tertiary/aromatic N) is 1. The van der Waals surface area contributed by atoms with E-state index in [1.807, 2.05) is 0 Å². The van der Waals surface area contributed by atoms with E-state index in [0.29, 0.717) is 28.4 Å². The third-order valence-corrected chi connectivity index (χ3v) is 3.64. The summed E-state index contributed by atoms with van der Waals surface area (Å²) >= 11 is 0. The summed E-state index contributed by atoms with van der Waals surface area (Å²) in [5.41, 5.74) is 7.86. The molecule has 0 fully saturated rings. The topological polar surface area (TPSA) is 106 Å². The first kappa shape index (κ1) is 17.9. The van der Waals surface area contributed by atoms with E-state index in [1.165, 1.54) is 6.20 Å². The Bertz CT molecular complexity index is 927. The van der Waals surface area contributed by atoms with E-state index in [1.54, 1.807) is 66.9 Å². The average molecular weight is 362 g/mol. The van der Waals surface area contributed by atoms with E-state index in [-0.39, 0.29) is 18.4 Å². The van der Waals surface area contributed by atoms with E-state index in [9.17, 15) is 9.59 Å². The van der Waals surface area contributed by atoms with Gasteiger partial charge in [-0.3, -0.25) is 14.6 Å². The first-order valence-electron chi connectivity index (χ1n) is 8.20. The molecule has 0 bridgehead atoms. The minimum Gasteiger partial charge on any atom is -0.482 e. The van der Waals surface area contributed by atoms with Crippen LogP contribution in [0, 0.1) is 0 Å². The Balaban J connectivity index is 1.54. The average Bonchev–Trinajstić information content (AvgIpc) is 2.69. The van der Waals surface area contributed by atoms with Gasteiger partial charge in [-0.05, 0) is 48.5 Å². The number of nitrogens with one attached hydrogen (secondary N) is 2. The van der Waals surface area contributed by atoms with Crippen molar-refractivity contribution in [3.05, 3.63) is 78.6 Å². The molecule has 0 aliphatic heterocycles. The van der Waals surface area contributed by atoms with Crippen LogP contribution in [0.4, 0.5) is 17.1 Å². The zero-order valence-electron chi connectivity index (χ0n) is 14.4. The number of amides is 2. The highest BCUT2D eigenvalue weighted by Crippen LogP contribution is 2.18. The Kier molecular flexibility index (Phi) is 5.64. The van der Waals surface area contributed by atoms with E-state index >= 15 is 0 Å². The predicted molar refractivity (Wildman–Crippen MR) is 104 cm³/mol. The summed E-state index contributed by atoms with van der Waals surface area (Å²) in [7, 11) is 0. The summed E-state index contributed by atoms with van der Waals surface area (Å²) < 4.78 is 5.33. The van der Waals surface area contributed by atoms with E-state index < -0.39 is 0 Å². The van der Waals surface area contributed by atoms with Gasteiger partial charge in [0.15, 0.2) is 6.61 Å². The first-order valence-corrected chi connectivity index (χ1v) is 8.20. The summed E-state index contributed by atoms with van der Waals surface area (Å²) in [5, 5.41) is 5.45. The van der Waals surface area contributed by atoms with Crippen LogP contribution in [0.2, 0.25) is 0 Å². The second-order valence-electron chi connectivity index (χ2n) is 5.64. The number of benzene rings is 2. The number of rotatable bonds is 6. The summed E-state index contributed by atoms with van der Waals surface area (Å²) in [4.78, 5) is 28.1. The molecule has 7 nitrogen and oxygen atoms in total. The number of nitrogen functional groups attached to an aromatic ring is 1. The molecular weight excluding hydrogens is 344 g/mol. The van der Waals surface area contributed by atoms with E-state index in [2.05, 4.69) is 15.6 Å². The van der Waals surface area contributed by atoms with Gasteiger partial charge in [0.05, 0.1) is 17.6 Å². The predicted octanol–water partition coefficient (Wildman–Crippen LogP) is 2.93. The van der Waals surface area contributed by atoms with Crippen molar-refractivity contribution in [2.45, 2.75) is 0 Å². The molecule has 0 saturated carbocycles. The number of carbonyl (C=O) groups is 2. The van der Waals surface area contributed by atoms with Gasteiger partial charge in [0.1, 0.15) is 5.75 Å². The van der Waals surface area contributed by atoms with Gasteiger partial charge in [-0.2, -0.15) is 0 Å². The fourth-order valence-corrected chi connectivity index (χ4v) is 2.29. The molecule has 0 spiro atoms. The minimum atomic E-state index is -0.312. The molecule has 3 aromatic rings. The zero-order valence-corrected chi connectivity index (χ0v) is 14.4. The van der Waals surface area contributed by atoms with Crippen molar-refractivity contribution in [1.82, 2.24) is 4.98 Å². The highest BCUT2D eigenvalue weighted by molar-refractivity contribution is 6.06. The van der Waals surface area contributed by atoms with Crippen LogP contribution in [-0.4, -0.2) is 23.4 Å². The van der Waals surface area contributed by atoms with Crippen LogP contribution in [0.25, 0.3) is 0 Å². The lowest BCUT2D eigenvalue weighted by atomic mass is 10.2. The van der Waals surface area contributed by atoms with E-state index in [4.69, 9.17) is 10.5 Å². The maximum atomic E-state index is 12.3. The molecule has 0 radical (unpaired) electrons. The van der Waals surface area contributed by atoms with Crippen molar-refractivity contribution in [1.29, 1.82) is 0 Å². The highest BCUT2D eigenvalue weighted by Gasteiger charge is 2.09. The van der Waals surface area contributed by atoms with Crippen molar-refractivity contribution >= 4 is 28.9 Å². The number of para-hydroxylation sites is 2. The number of carbonyl (C=O) groups excluding carboxylic acids is 2. The molecular formula is C20H18N4O3. The van der Waals surface area contributed by atoms with E-state index in [0.717, 1.165) is 0 Å². The van der Waals surface area contributed by atoms with Gasteiger partial charge < -0.3 is 21.1 Å². The Hall–Kier alpha value is -3.87. The number of pyridine rings is 1. The standard InChI is InChI=1S/C20H18N4O3/c21-17-5-1-2-6-18(17)24-20(26)14-7-9-15(10-8-14)23-19(25)13-27-16-4-3-11-22-12-16/h1-12H,13,21H2,(H,23,25)(H,24,26). The van der Waals surface area contributed by atoms with Crippen molar-refractivity contribution in [2.24, 2.45) is 0 Å². The molecule has 4 N–H and O–H groups in total. The number of nitrogens with two attached hydrogens (primary N) is 1. The van der Waals surface area contributed by atoms with Crippen LogP contribution >= 0.6 is 0 Å². The lowest BCUT2D eigenvalue weighted by Gasteiger charge is -2.09. The Morgan fingerprint density at radius 1 is 0.963 bits per heavy atom. The van der Waals surface area contributed by atoms with Crippen LogP contribution in [0.3, 0.4) is 0 Å². The Morgan fingerprint density at radius 2 is 1.74 bits per heavy atom. The molecule has 0 unspecified atom stereocenters. The van der Waals surface area contributed by atoms with Crippen LogP contribution in [0.1, 0.15) is 10.4 Å². The van der Waals surface area contributed by atoms with Crippen molar-refractivity contribution in [3.8, 4) is 5.75 Å². The van der Waals surface area contributed by atoms with Gasteiger partial charge in [-0.25, -0.2) is 0 Å². The molecule has 0 saturated heterocycles. The largest absolute Gasteiger partial charge is 0.482 e. The second kappa shape index (κ2) is 8.48. The molecule has 0 aliphatic carbocycles. The molecule has 27 heavy (non-hydrogen) atoms. The van der Waals surface area contributed by atoms with Gasteiger partial charge in [-0.1, -0.05) is 12.1 Å². The molecule has 0 atom stereocenters. The molecule has 2 aromatic carbocycles. The fourth-order valence-electron chi connectivity index (χ4n) is 2.29. The van der Waals surface area contributed by atoms with Gasteiger partial charge in [0, 0.05) is 17.4 Å². The van der Waals surface area contributed by atoms with Crippen LogP contribution in [0.15, 0.2) is 73.1 Å². The molecule has 0 aliphatic rings. The number of ether oxygens (including phenoxy) is 1. The molecule has 2 amide bonds. The van der Waals surface area contributed by atoms with Gasteiger partial charge in [-0.15, -0.1) is 0 Å². The van der Waals surface area contributed by atoms with Crippen molar-refractivity contribution in [3.63, 3.8) is 0 Å². The van der Waals surface area contributed by atoms with Crippen molar-refractivity contribution < 1.29 is 14.3 Å². The minimum absolute atomic E-state index is 0.138. The fraction of sp³-hybridized carbons (Fsp3) is 0.0500. The third kappa shape index (κ3) is 5.05. The van der Waals surface area contributed by atoms with Crippen LogP contribution < -0.4 is 21.1 Å². The highest BCUT2D eigenvalue weighted by atomic mass is 16.5. The third-order valence-electron chi connectivity index (χ3n) is 3.64. The molecule has 1 aromatic heterocycles.